The molecule has 15 heavy (non-hydrogen) atoms. The Balaban J connectivity index is 2.59. The van der Waals surface area contributed by atoms with Gasteiger partial charge in [0.25, 0.3) is 0 Å². The third-order valence-corrected chi connectivity index (χ3v) is 2.40. The number of rotatable bonds is 2. The molecule has 0 saturated heterocycles. The Morgan fingerprint density at radius 2 is 2.20 bits per heavy atom. The highest BCUT2D eigenvalue weighted by atomic mass is 35.5. The molecule has 0 bridgehead atoms. The van der Waals surface area contributed by atoms with Gasteiger partial charge < -0.3 is 4.57 Å². The van der Waals surface area contributed by atoms with Gasteiger partial charge in [-0.25, -0.2) is 4.98 Å². The van der Waals surface area contributed by atoms with Gasteiger partial charge in [-0.05, 0) is 24.3 Å². The molecular formula is C11H9ClN2O. The summed E-state index contributed by atoms with van der Waals surface area (Å²) in [6, 6.07) is 7.17. The second-order valence-corrected chi connectivity index (χ2v) is 3.49. The van der Waals surface area contributed by atoms with Crippen LogP contribution in [0.2, 0.25) is 5.15 Å². The maximum atomic E-state index is 11.3. The molecule has 0 fully saturated rings. The van der Waals surface area contributed by atoms with Gasteiger partial charge in [0.2, 0.25) is 0 Å². The van der Waals surface area contributed by atoms with E-state index >= 15 is 0 Å². The summed E-state index contributed by atoms with van der Waals surface area (Å²) < 4.78 is 1.73. The third-order valence-electron chi connectivity index (χ3n) is 2.11. The van der Waals surface area contributed by atoms with E-state index in [0.29, 0.717) is 10.8 Å². The minimum Gasteiger partial charge on any atom is -0.311 e. The predicted molar refractivity (Wildman–Crippen MR) is 58.6 cm³/mol. The molecule has 0 spiro atoms. The number of nitrogens with zero attached hydrogens (tertiary/aromatic N) is 2. The Morgan fingerprint density at radius 1 is 1.40 bits per heavy atom. The maximum Gasteiger partial charge on any atom is 0.176 e. The van der Waals surface area contributed by atoms with E-state index in [9.17, 15) is 4.79 Å². The Bertz CT molecular complexity index is 505. The predicted octanol–water partition coefficient (Wildman–Crippen LogP) is 2.73. The van der Waals surface area contributed by atoms with Gasteiger partial charge in [-0.2, -0.15) is 0 Å². The normalized spacial score (nSPS) is 10.3. The van der Waals surface area contributed by atoms with Crippen LogP contribution in [-0.4, -0.2) is 15.3 Å². The lowest BCUT2D eigenvalue weighted by atomic mass is 10.3. The summed E-state index contributed by atoms with van der Waals surface area (Å²) in [5, 5.41) is 0.385. The minimum absolute atomic E-state index is 0.0000743. The molecule has 0 aromatic carbocycles. The zero-order valence-corrected chi connectivity index (χ0v) is 8.90. The molecule has 0 aliphatic heterocycles. The number of pyridine rings is 1. The van der Waals surface area contributed by atoms with Crippen LogP contribution < -0.4 is 0 Å². The minimum atomic E-state index is -0.0000743. The molecule has 0 unspecified atom stereocenters. The smallest absolute Gasteiger partial charge is 0.176 e. The molecule has 0 atom stereocenters. The van der Waals surface area contributed by atoms with Gasteiger partial charge in [0, 0.05) is 19.3 Å². The van der Waals surface area contributed by atoms with Gasteiger partial charge in [0.15, 0.2) is 10.9 Å². The quantitative estimate of drug-likeness (QED) is 0.576. The summed E-state index contributed by atoms with van der Waals surface area (Å²) in [6.07, 6.45) is 3.41. The number of carbonyl (C=O) groups is 1. The zero-order chi connectivity index (χ0) is 10.8. The molecule has 0 saturated carbocycles. The van der Waals surface area contributed by atoms with Gasteiger partial charge in [0.1, 0.15) is 0 Å². The fourth-order valence-corrected chi connectivity index (χ4v) is 1.65. The lowest BCUT2D eigenvalue weighted by molar-refractivity contribution is 0.101. The van der Waals surface area contributed by atoms with Gasteiger partial charge in [-0.1, -0.05) is 11.6 Å². The van der Waals surface area contributed by atoms with Crippen LogP contribution in [0.4, 0.5) is 0 Å². The van der Waals surface area contributed by atoms with E-state index in [0.717, 1.165) is 5.69 Å². The standard InChI is InChI=1S/C11H9ClN2O/c1-8(15)9-5-3-7-14(9)10-4-2-6-13-11(10)12/h2-7H,1H3. The average Bonchev–Trinajstić information content (AvgIpc) is 2.67. The molecule has 2 rings (SSSR count). The van der Waals surface area contributed by atoms with Crippen LogP contribution in [0.3, 0.4) is 0 Å². The summed E-state index contributed by atoms with van der Waals surface area (Å²) in [4.78, 5) is 15.3. The fourth-order valence-electron chi connectivity index (χ4n) is 1.44. The van der Waals surface area contributed by atoms with Gasteiger partial charge in [-0.3, -0.25) is 4.79 Å². The molecule has 3 nitrogen and oxygen atoms in total. The first-order valence-electron chi connectivity index (χ1n) is 4.49. The Hall–Kier alpha value is -1.61. The summed E-state index contributed by atoms with van der Waals surface area (Å²) >= 11 is 5.95. The van der Waals surface area contributed by atoms with Crippen molar-refractivity contribution in [3.8, 4) is 5.69 Å². The van der Waals surface area contributed by atoms with Crippen LogP contribution >= 0.6 is 11.6 Å². The number of carbonyl (C=O) groups excluding carboxylic acids is 1. The first-order valence-corrected chi connectivity index (χ1v) is 4.87. The lowest BCUT2D eigenvalue weighted by Crippen LogP contribution is -2.04. The van der Waals surface area contributed by atoms with Crippen LogP contribution in [0.15, 0.2) is 36.7 Å². The van der Waals surface area contributed by atoms with Crippen LogP contribution in [0.1, 0.15) is 17.4 Å². The first-order chi connectivity index (χ1) is 7.20. The van der Waals surface area contributed by atoms with E-state index in [1.54, 1.807) is 35.2 Å². The van der Waals surface area contributed by atoms with E-state index in [1.165, 1.54) is 6.92 Å². The molecule has 2 aromatic rings. The van der Waals surface area contributed by atoms with Crippen LogP contribution in [-0.2, 0) is 0 Å². The van der Waals surface area contributed by atoms with E-state index in [1.807, 2.05) is 6.07 Å². The van der Waals surface area contributed by atoms with Gasteiger partial charge >= 0.3 is 0 Å². The molecule has 0 radical (unpaired) electrons. The van der Waals surface area contributed by atoms with E-state index in [-0.39, 0.29) is 5.78 Å². The molecule has 0 amide bonds. The average molecular weight is 221 g/mol. The molecule has 2 aromatic heterocycles. The van der Waals surface area contributed by atoms with Crippen molar-refractivity contribution in [1.29, 1.82) is 0 Å². The summed E-state index contributed by atoms with van der Waals surface area (Å²) in [7, 11) is 0. The summed E-state index contributed by atoms with van der Waals surface area (Å²) in [6.45, 7) is 1.52. The van der Waals surface area contributed by atoms with E-state index in [2.05, 4.69) is 4.98 Å². The number of hydrogen-bond donors (Lipinski definition) is 0. The van der Waals surface area contributed by atoms with Crippen molar-refractivity contribution in [1.82, 2.24) is 9.55 Å². The lowest BCUT2D eigenvalue weighted by Gasteiger charge is -2.07. The number of halogens is 1. The van der Waals surface area contributed by atoms with E-state index in [4.69, 9.17) is 11.6 Å². The van der Waals surface area contributed by atoms with Crippen LogP contribution in [0.25, 0.3) is 5.69 Å². The second-order valence-electron chi connectivity index (χ2n) is 3.13. The van der Waals surface area contributed by atoms with Crippen LogP contribution in [0, 0.1) is 0 Å². The first kappa shape index (κ1) is 9.93. The largest absolute Gasteiger partial charge is 0.311 e. The SMILES string of the molecule is CC(=O)c1cccn1-c1cccnc1Cl. The molecule has 76 valence electrons. The Labute approximate surface area is 92.3 Å². The van der Waals surface area contributed by atoms with Crippen molar-refractivity contribution in [3.63, 3.8) is 0 Å². The van der Waals surface area contributed by atoms with Crippen molar-refractivity contribution < 1.29 is 4.79 Å². The van der Waals surface area contributed by atoms with Crippen molar-refractivity contribution in [3.05, 3.63) is 47.5 Å². The highest BCUT2D eigenvalue weighted by molar-refractivity contribution is 6.31. The number of hydrogen-bond acceptors (Lipinski definition) is 2. The van der Waals surface area contributed by atoms with Crippen molar-refractivity contribution in [2.24, 2.45) is 0 Å². The molecular weight excluding hydrogens is 212 g/mol. The second kappa shape index (κ2) is 3.87. The number of ketones is 1. The Kier molecular flexibility index (Phi) is 2.56. The zero-order valence-electron chi connectivity index (χ0n) is 8.14. The molecule has 0 N–H and O–H groups in total. The number of aromatic nitrogens is 2. The molecule has 2 heterocycles. The van der Waals surface area contributed by atoms with Crippen molar-refractivity contribution >= 4 is 17.4 Å². The van der Waals surface area contributed by atoms with Crippen molar-refractivity contribution in [2.45, 2.75) is 6.92 Å². The summed E-state index contributed by atoms with van der Waals surface area (Å²) in [5.74, 6) is -0.0000743. The fraction of sp³-hybridized carbons (Fsp3) is 0.0909. The molecule has 0 aliphatic carbocycles. The molecule has 0 aliphatic rings. The highest BCUT2D eigenvalue weighted by Crippen LogP contribution is 2.19. The summed E-state index contributed by atoms with van der Waals surface area (Å²) in [5.41, 5.74) is 1.32. The molecule has 4 heteroatoms. The van der Waals surface area contributed by atoms with Crippen LogP contribution in [0.5, 0.6) is 0 Å². The third kappa shape index (κ3) is 1.78. The highest BCUT2D eigenvalue weighted by Gasteiger charge is 2.09. The van der Waals surface area contributed by atoms with Crippen molar-refractivity contribution in [2.75, 3.05) is 0 Å². The monoisotopic (exact) mass is 220 g/mol. The topological polar surface area (TPSA) is 34.9 Å². The van der Waals surface area contributed by atoms with Gasteiger partial charge in [-0.15, -0.1) is 0 Å². The van der Waals surface area contributed by atoms with E-state index < -0.39 is 0 Å². The van der Waals surface area contributed by atoms with Gasteiger partial charge in [0.05, 0.1) is 11.4 Å². The number of Topliss-reactive ketones (excluding diaryl/α,β-unsaturated/α-hetero) is 1. The maximum absolute atomic E-state index is 11.3. The Morgan fingerprint density at radius 3 is 2.87 bits per heavy atom.